The molecular weight excluding hydrogens is 338 g/mol. The second kappa shape index (κ2) is 13.7. The minimum Gasteiger partial charge on any atom is -0.295 e. The Labute approximate surface area is 163 Å². The van der Waals surface area contributed by atoms with Crippen LogP contribution in [0.15, 0.2) is 54.6 Å². The fourth-order valence-corrected chi connectivity index (χ4v) is 2.43. The minimum absolute atomic E-state index is 0.135. The van der Waals surface area contributed by atoms with Crippen molar-refractivity contribution < 1.29 is 9.72 Å². The highest BCUT2D eigenvalue weighted by molar-refractivity contribution is 5.93. The predicted molar refractivity (Wildman–Crippen MR) is 113 cm³/mol. The summed E-state index contributed by atoms with van der Waals surface area (Å²) in [6.07, 6.45) is 2.28. The lowest BCUT2D eigenvalue weighted by atomic mass is 10.0. The van der Waals surface area contributed by atoms with E-state index >= 15 is 0 Å². The third-order valence-electron chi connectivity index (χ3n) is 3.49. The Hall–Kier alpha value is -2.49. The molecule has 4 nitrogen and oxygen atoms in total. The van der Waals surface area contributed by atoms with Crippen molar-refractivity contribution in [2.75, 3.05) is 7.05 Å². The molecule has 0 saturated heterocycles. The van der Waals surface area contributed by atoms with Gasteiger partial charge in [0, 0.05) is 10.5 Å². The monoisotopic (exact) mass is 371 g/mol. The molecule has 2 aromatic carbocycles. The molecule has 0 saturated carbocycles. The van der Waals surface area contributed by atoms with Gasteiger partial charge >= 0.3 is 0 Å². The van der Waals surface area contributed by atoms with Gasteiger partial charge in [-0.3, -0.25) is 14.9 Å². The minimum atomic E-state index is -0.500. The fraction of sp³-hybridized carbons (Fsp3) is 0.435. The molecule has 0 fully saturated rings. The topological polar surface area (TPSA) is 60.2 Å². The lowest BCUT2D eigenvalue weighted by molar-refractivity contribution is -0.445. The Morgan fingerprint density at radius 3 is 1.56 bits per heavy atom. The van der Waals surface area contributed by atoms with Gasteiger partial charge in [0.25, 0.3) is 0 Å². The first kappa shape index (κ1) is 24.5. The Morgan fingerprint density at radius 2 is 1.22 bits per heavy atom. The standard InChI is InChI=1S/C12H16O.C10H14.CH3NO2/c1-9(2)8-11-4-6-12(7-5-11)10(3)13;1-9(2)8-10-6-4-3-5-7-10;1-2(3)4/h4-7,9H,8H2,1-3H3;3-7,9H,8H2,1-2H3;1H3. The highest BCUT2D eigenvalue weighted by atomic mass is 16.6. The van der Waals surface area contributed by atoms with E-state index in [-0.39, 0.29) is 5.78 Å². The maximum atomic E-state index is 11.0. The molecule has 0 aromatic heterocycles. The Kier molecular flexibility index (Phi) is 12.4. The number of hydrogen-bond acceptors (Lipinski definition) is 3. The van der Waals surface area contributed by atoms with Crippen LogP contribution in [0.5, 0.6) is 0 Å². The van der Waals surface area contributed by atoms with E-state index in [1.165, 1.54) is 17.5 Å². The molecule has 0 aliphatic carbocycles. The second-order valence-corrected chi connectivity index (χ2v) is 7.37. The van der Waals surface area contributed by atoms with E-state index in [4.69, 9.17) is 10.1 Å². The van der Waals surface area contributed by atoms with Crippen molar-refractivity contribution in [3.8, 4) is 0 Å². The SMILES string of the molecule is CC(=O)c1ccc(CC(C)C)cc1.CC(C)Cc1ccccc1.C[N+](=O)[O-]. The molecule has 2 rings (SSSR count). The molecule has 0 spiro atoms. The van der Waals surface area contributed by atoms with E-state index in [1.54, 1.807) is 6.92 Å². The molecule has 148 valence electrons. The van der Waals surface area contributed by atoms with Crippen LogP contribution < -0.4 is 0 Å². The second-order valence-electron chi connectivity index (χ2n) is 7.37. The van der Waals surface area contributed by atoms with E-state index in [0.717, 1.165) is 24.9 Å². The fourth-order valence-electron chi connectivity index (χ4n) is 2.43. The number of Topliss-reactive ketones (excluding diaryl/α,β-unsaturated/α-hetero) is 1. The van der Waals surface area contributed by atoms with Gasteiger partial charge in [0.1, 0.15) is 0 Å². The first-order valence-corrected chi connectivity index (χ1v) is 9.33. The van der Waals surface area contributed by atoms with Gasteiger partial charge in [-0.25, -0.2) is 0 Å². The van der Waals surface area contributed by atoms with Gasteiger partial charge in [0.05, 0.1) is 0 Å². The number of rotatable bonds is 5. The van der Waals surface area contributed by atoms with E-state index < -0.39 is 4.92 Å². The summed E-state index contributed by atoms with van der Waals surface area (Å²) in [4.78, 5) is 19.3. The van der Waals surface area contributed by atoms with Crippen LogP contribution in [0, 0.1) is 22.0 Å². The third-order valence-corrected chi connectivity index (χ3v) is 3.49. The average molecular weight is 372 g/mol. The molecule has 0 aliphatic heterocycles. The maximum Gasteiger partial charge on any atom is 0.194 e. The molecule has 0 aliphatic rings. The van der Waals surface area contributed by atoms with Crippen molar-refractivity contribution in [1.29, 1.82) is 0 Å². The molecule has 0 bridgehead atoms. The zero-order valence-electron chi connectivity index (χ0n) is 17.4. The Balaban J connectivity index is 0.000000428. The van der Waals surface area contributed by atoms with Crippen molar-refractivity contribution in [1.82, 2.24) is 0 Å². The van der Waals surface area contributed by atoms with Crippen LogP contribution in [0.2, 0.25) is 0 Å². The van der Waals surface area contributed by atoms with Crippen molar-refractivity contribution >= 4 is 5.78 Å². The number of benzene rings is 2. The summed E-state index contributed by atoms with van der Waals surface area (Å²) in [6, 6.07) is 18.5. The Bertz CT molecular complexity index is 658. The van der Waals surface area contributed by atoms with Crippen LogP contribution >= 0.6 is 0 Å². The van der Waals surface area contributed by atoms with Gasteiger partial charge in [-0.15, -0.1) is 0 Å². The number of hydrogen-bond donors (Lipinski definition) is 0. The smallest absolute Gasteiger partial charge is 0.194 e. The molecule has 0 N–H and O–H groups in total. The van der Waals surface area contributed by atoms with Crippen LogP contribution in [0.3, 0.4) is 0 Å². The van der Waals surface area contributed by atoms with E-state index in [9.17, 15) is 4.79 Å². The van der Waals surface area contributed by atoms with Crippen molar-refractivity contribution in [3.05, 3.63) is 81.4 Å². The quantitative estimate of drug-likeness (QED) is 0.375. The summed E-state index contributed by atoms with van der Waals surface area (Å²) < 4.78 is 0. The van der Waals surface area contributed by atoms with Crippen molar-refractivity contribution in [3.63, 3.8) is 0 Å². The molecule has 0 amide bonds. The van der Waals surface area contributed by atoms with Gasteiger partial charge in [0.2, 0.25) is 0 Å². The molecule has 0 radical (unpaired) electrons. The van der Waals surface area contributed by atoms with E-state index in [1.807, 2.05) is 24.3 Å². The number of carbonyl (C=O) groups excluding carboxylic acids is 1. The normalized spacial score (nSPS) is 9.78. The predicted octanol–water partition coefficient (Wildman–Crippen LogP) is 5.87. The molecule has 2 aromatic rings. The summed E-state index contributed by atoms with van der Waals surface area (Å²) >= 11 is 0. The lowest BCUT2D eigenvalue weighted by Gasteiger charge is -2.04. The number of nitro groups is 1. The van der Waals surface area contributed by atoms with Crippen LogP contribution in [-0.2, 0) is 12.8 Å². The van der Waals surface area contributed by atoms with Gasteiger partial charge in [-0.2, -0.15) is 0 Å². The third kappa shape index (κ3) is 14.4. The summed E-state index contributed by atoms with van der Waals surface area (Å²) in [5.74, 6) is 1.57. The lowest BCUT2D eigenvalue weighted by Crippen LogP contribution is -1.96. The summed E-state index contributed by atoms with van der Waals surface area (Å²) in [5, 5.41) is 8.81. The molecule has 0 atom stereocenters. The van der Waals surface area contributed by atoms with E-state index in [2.05, 4.69) is 58.0 Å². The number of carbonyl (C=O) groups is 1. The van der Waals surface area contributed by atoms with Crippen LogP contribution in [0.1, 0.15) is 56.1 Å². The van der Waals surface area contributed by atoms with Crippen LogP contribution in [-0.4, -0.2) is 17.8 Å². The van der Waals surface area contributed by atoms with Gasteiger partial charge < -0.3 is 0 Å². The van der Waals surface area contributed by atoms with Crippen molar-refractivity contribution in [2.45, 2.75) is 47.5 Å². The average Bonchev–Trinajstić information content (AvgIpc) is 2.55. The summed E-state index contributed by atoms with van der Waals surface area (Å²) in [6.45, 7) is 10.5. The highest BCUT2D eigenvalue weighted by Gasteiger charge is 2.00. The largest absolute Gasteiger partial charge is 0.295 e. The van der Waals surface area contributed by atoms with Crippen LogP contribution in [0.25, 0.3) is 0 Å². The maximum absolute atomic E-state index is 11.0. The first-order chi connectivity index (χ1) is 12.6. The number of nitrogens with zero attached hydrogens (tertiary/aromatic N) is 1. The highest BCUT2D eigenvalue weighted by Crippen LogP contribution is 2.10. The molecule has 27 heavy (non-hydrogen) atoms. The molecular formula is C23H33NO3. The van der Waals surface area contributed by atoms with Crippen molar-refractivity contribution in [2.24, 2.45) is 11.8 Å². The van der Waals surface area contributed by atoms with E-state index in [0.29, 0.717) is 5.92 Å². The summed E-state index contributed by atoms with van der Waals surface area (Å²) in [7, 11) is 0.889. The molecule has 0 heterocycles. The molecule has 0 unspecified atom stereocenters. The van der Waals surface area contributed by atoms with Gasteiger partial charge in [-0.1, -0.05) is 82.3 Å². The zero-order valence-corrected chi connectivity index (χ0v) is 17.4. The zero-order chi connectivity index (χ0) is 20.8. The number of ketones is 1. The molecule has 4 heteroatoms. The first-order valence-electron chi connectivity index (χ1n) is 9.33. The Morgan fingerprint density at radius 1 is 0.852 bits per heavy atom. The van der Waals surface area contributed by atoms with Gasteiger partial charge in [-0.05, 0) is 42.7 Å². The van der Waals surface area contributed by atoms with Crippen LogP contribution in [0.4, 0.5) is 0 Å². The summed E-state index contributed by atoms with van der Waals surface area (Å²) in [5.41, 5.74) is 3.55. The van der Waals surface area contributed by atoms with Gasteiger partial charge in [0.15, 0.2) is 12.8 Å².